The molecule has 2 rings (SSSR count). The Morgan fingerprint density at radius 2 is 2.05 bits per heavy atom. The van der Waals surface area contributed by atoms with Crippen LogP contribution in [0, 0.1) is 12.8 Å². The fourth-order valence-corrected chi connectivity index (χ4v) is 3.39. The number of likely N-dealkylation sites (tertiary alicyclic amines) is 1. The molecule has 2 nitrogen and oxygen atoms in total. The van der Waals surface area contributed by atoms with Crippen molar-refractivity contribution >= 4 is 11.6 Å². The monoisotopic (exact) mass is 280 g/mol. The van der Waals surface area contributed by atoms with Crippen LogP contribution in [0.1, 0.15) is 43.4 Å². The van der Waals surface area contributed by atoms with Gasteiger partial charge in [0, 0.05) is 17.6 Å². The molecule has 106 valence electrons. The van der Waals surface area contributed by atoms with E-state index in [0.717, 1.165) is 10.9 Å². The average molecular weight is 281 g/mol. The van der Waals surface area contributed by atoms with Gasteiger partial charge in [-0.1, -0.05) is 31.0 Å². The van der Waals surface area contributed by atoms with E-state index in [9.17, 15) is 0 Å². The Balaban J connectivity index is 2.12. The van der Waals surface area contributed by atoms with E-state index in [0.29, 0.717) is 12.6 Å². The summed E-state index contributed by atoms with van der Waals surface area (Å²) in [5.41, 5.74) is 8.62. The predicted molar refractivity (Wildman–Crippen MR) is 82.6 cm³/mol. The second-order valence-electron chi connectivity index (χ2n) is 5.64. The quantitative estimate of drug-likeness (QED) is 0.910. The summed E-state index contributed by atoms with van der Waals surface area (Å²) >= 11 is 6.04. The number of hydrogen-bond donors (Lipinski definition) is 1. The summed E-state index contributed by atoms with van der Waals surface area (Å²) in [6.45, 7) is 7.44. The van der Waals surface area contributed by atoms with Gasteiger partial charge in [0.2, 0.25) is 0 Å². The zero-order valence-electron chi connectivity index (χ0n) is 12.0. The van der Waals surface area contributed by atoms with E-state index in [-0.39, 0.29) is 0 Å². The summed E-state index contributed by atoms with van der Waals surface area (Å²) in [6, 6.07) is 6.50. The first-order chi connectivity index (χ1) is 9.15. The van der Waals surface area contributed by atoms with Gasteiger partial charge in [0.1, 0.15) is 0 Å². The molecule has 0 spiro atoms. The topological polar surface area (TPSA) is 29.3 Å². The van der Waals surface area contributed by atoms with Crippen LogP contribution in [0.25, 0.3) is 0 Å². The number of halogens is 1. The number of rotatable bonds is 4. The molecule has 1 saturated heterocycles. The van der Waals surface area contributed by atoms with Gasteiger partial charge in [-0.3, -0.25) is 4.90 Å². The van der Waals surface area contributed by atoms with Gasteiger partial charge in [-0.15, -0.1) is 0 Å². The largest absolute Gasteiger partial charge is 0.329 e. The Morgan fingerprint density at radius 1 is 1.37 bits per heavy atom. The molecular weight excluding hydrogens is 256 g/mol. The Morgan fingerprint density at radius 3 is 2.58 bits per heavy atom. The van der Waals surface area contributed by atoms with Crippen LogP contribution in [-0.2, 0) is 0 Å². The van der Waals surface area contributed by atoms with E-state index in [1.54, 1.807) is 0 Å². The van der Waals surface area contributed by atoms with Crippen LogP contribution in [0.5, 0.6) is 0 Å². The molecule has 3 heteroatoms. The first-order valence-electron chi connectivity index (χ1n) is 7.35. The van der Waals surface area contributed by atoms with Gasteiger partial charge in [-0.2, -0.15) is 0 Å². The summed E-state index contributed by atoms with van der Waals surface area (Å²) in [7, 11) is 0. The highest BCUT2D eigenvalue weighted by atomic mass is 35.5. The highest BCUT2D eigenvalue weighted by Gasteiger charge is 2.25. The number of aryl methyl sites for hydroxylation is 1. The molecule has 1 aliphatic heterocycles. The normalized spacial score (nSPS) is 19.6. The smallest absolute Gasteiger partial charge is 0.0473 e. The third kappa shape index (κ3) is 3.50. The second kappa shape index (κ2) is 6.74. The molecular formula is C16H25ClN2. The van der Waals surface area contributed by atoms with Crippen molar-refractivity contribution < 1.29 is 0 Å². The van der Waals surface area contributed by atoms with Gasteiger partial charge in [0.05, 0.1) is 0 Å². The summed E-state index contributed by atoms with van der Waals surface area (Å²) in [6.07, 6.45) is 3.92. The van der Waals surface area contributed by atoms with Gasteiger partial charge in [0.25, 0.3) is 0 Å². The summed E-state index contributed by atoms with van der Waals surface area (Å²) in [5.74, 6) is 0.904. The minimum absolute atomic E-state index is 0.343. The SMILES string of the molecule is CCC1CCN(C(CN)c2ccc(Cl)cc2C)CC1. The minimum Gasteiger partial charge on any atom is -0.329 e. The van der Waals surface area contributed by atoms with Gasteiger partial charge in [0.15, 0.2) is 0 Å². The maximum Gasteiger partial charge on any atom is 0.0473 e. The molecule has 0 saturated carbocycles. The molecule has 1 aromatic carbocycles. The molecule has 1 fully saturated rings. The molecule has 19 heavy (non-hydrogen) atoms. The second-order valence-corrected chi connectivity index (χ2v) is 6.08. The number of nitrogens with two attached hydrogens (primary N) is 1. The van der Waals surface area contributed by atoms with Crippen LogP contribution < -0.4 is 5.73 Å². The van der Waals surface area contributed by atoms with E-state index in [2.05, 4.69) is 24.8 Å². The van der Waals surface area contributed by atoms with E-state index in [1.807, 2.05) is 12.1 Å². The zero-order valence-corrected chi connectivity index (χ0v) is 12.8. The minimum atomic E-state index is 0.343. The Labute approximate surface area is 121 Å². The molecule has 2 N–H and O–H groups in total. The molecule has 0 aromatic heterocycles. The molecule has 1 unspecified atom stereocenters. The zero-order chi connectivity index (χ0) is 13.8. The molecule has 1 heterocycles. The Hall–Kier alpha value is -0.570. The fourth-order valence-electron chi connectivity index (χ4n) is 3.16. The van der Waals surface area contributed by atoms with Crippen molar-refractivity contribution in [2.75, 3.05) is 19.6 Å². The van der Waals surface area contributed by atoms with Gasteiger partial charge < -0.3 is 5.73 Å². The van der Waals surface area contributed by atoms with Crippen molar-refractivity contribution in [2.45, 2.75) is 39.2 Å². The lowest BCUT2D eigenvalue weighted by Crippen LogP contribution is -2.40. The van der Waals surface area contributed by atoms with Crippen LogP contribution in [0.3, 0.4) is 0 Å². The highest BCUT2D eigenvalue weighted by molar-refractivity contribution is 6.30. The number of nitrogens with zero attached hydrogens (tertiary/aromatic N) is 1. The summed E-state index contributed by atoms with van der Waals surface area (Å²) in [4.78, 5) is 2.54. The van der Waals surface area contributed by atoms with Crippen LogP contribution in [-0.4, -0.2) is 24.5 Å². The lowest BCUT2D eigenvalue weighted by atomic mass is 9.91. The standard InChI is InChI=1S/C16H25ClN2/c1-3-13-6-8-19(9-7-13)16(11-18)15-5-4-14(17)10-12(15)2/h4-5,10,13,16H,3,6-9,11,18H2,1-2H3. The molecule has 0 bridgehead atoms. The number of hydrogen-bond acceptors (Lipinski definition) is 2. The molecule has 0 radical (unpaired) electrons. The van der Waals surface area contributed by atoms with Crippen molar-refractivity contribution in [1.82, 2.24) is 4.90 Å². The van der Waals surface area contributed by atoms with E-state index >= 15 is 0 Å². The first kappa shape index (κ1) is 14.8. The van der Waals surface area contributed by atoms with Crippen LogP contribution in [0.15, 0.2) is 18.2 Å². The third-order valence-electron chi connectivity index (χ3n) is 4.48. The fraction of sp³-hybridized carbons (Fsp3) is 0.625. The lowest BCUT2D eigenvalue weighted by Gasteiger charge is -2.37. The third-order valence-corrected chi connectivity index (χ3v) is 4.72. The maximum atomic E-state index is 6.04. The van der Waals surface area contributed by atoms with Gasteiger partial charge in [-0.05, 0) is 62.0 Å². The van der Waals surface area contributed by atoms with Crippen LogP contribution in [0.2, 0.25) is 5.02 Å². The van der Waals surface area contributed by atoms with E-state index in [1.165, 1.54) is 43.5 Å². The molecule has 1 aliphatic rings. The van der Waals surface area contributed by atoms with Crippen LogP contribution in [0.4, 0.5) is 0 Å². The Kier molecular flexibility index (Phi) is 5.26. The molecule has 1 aromatic rings. The van der Waals surface area contributed by atoms with Crippen molar-refractivity contribution in [1.29, 1.82) is 0 Å². The van der Waals surface area contributed by atoms with Crippen molar-refractivity contribution in [3.63, 3.8) is 0 Å². The molecule has 1 atom stereocenters. The van der Waals surface area contributed by atoms with E-state index in [4.69, 9.17) is 17.3 Å². The number of benzene rings is 1. The van der Waals surface area contributed by atoms with Crippen LogP contribution >= 0.6 is 11.6 Å². The van der Waals surface area contributed by atoms with Gasteiger partial charge >= 0.3 is 0 Å². The summed E-state index contributed by atoms with van der Waals surface area (Å²) < 4.78 is 0. The van der Waals surface area contributed by atoms with Crippen molar-refractivity contribution in [3.8, 4) is 0 Å². The summed E-state index contributed by atoms with van der Waals surface area (Å²) in [5, 5.41) is 0.807. The average Bonchev–Trinajstić information content (AvgIpc) is 2.42. The maximum absolute atomic E-state index is 6.04. The lowest BCUT2D eigenvalue weighted by molar-refractivity contribution is 0.133. The highest BCUT2D eigenvalue weighted by Crippen LogP contribution is 2.30. The van der Waals surface area contributed by atoms with Gasteiger partial charge in [-0.25, -0.2) is 0 Å². The number of piperidine rings is 1. The first-order valence-corrected chi connectivity index (χ1v) is 7.73. The van der Waals surface area contributed by atoms with Crippen molar-refractivity contribution in [2.24, 2.45) is 11.7 Å². The van der Waals surface area contributed by atoms with Crippen molar-refractivity contribution in [3.05, 3.63) is 34.3 Å². The molecule has 0 amide bonds. The Bertz CT molecular complexity index is 411. The predicted octanol–water partition coefficient (Wildman–Crippen LogP) is 3.77. The molecule has 0 aliphatic carbocycles. The van der Waals surface area contributed by atoms with E-state index < -0.39 is 0 Å².